The van der Waals surface area contributed by atoms with Crippen molar-refractivity contribution >= 4 is 41.3 Å². The Bertz CT molecular complexity index is 2810. The van der Waals surface area contributed by atoms with E-state index in [1.807, 2.05) is 24.3 Å². The quantitative estimate of drug-likeness (QED) is 0.218. The highest BCUT2D eigenvalue weighted by molar-refractivity contribution is 5.99. The van der Waals surface area contributed by atoms with E-state index < -0.39 is 0 Å². The Balaban J connectivity index is 1.24. The van der Waals surface area contributed by atoms with Crippen LogP contribution in [-0.4, -0.2) is 29.9 Å². The second-order valence-electron chi connectivity index (χ2n) is 16.4. The summed E-state index contributed by atoms with van der Waals surface area (Å²) in [7, 11) is 0. The van der Waals surface area contributed by atoms with Gasteiger partial charge >= 0.3 is 0 Å². The fourth-order valence-electron chi connectivity index (χ4n) is 9.05. The van der Waals surface area contributed by atoms with E-state index in [4.69, 9.17) is 4.99 Å². The molecule has 0 fully saturated rings. The Morgan fingerprint density at radius 3 is 2.33 bits per heavy atom. The number of aliphatic imine (C=N–C) groups is 1. The van der Waals surface area contributed by atoms with Crippen LogP contribution in [0.15, 0.2) is 223 Å². The van der Waals surface area contributed by atoms with E-state index >= 15 is 0 Å². The molecule has 6 aliphatic rings. The fourth-order valence-corrected chi connectivity index (χ4v) is 9.05. The summed E-state index contributed by atoms with van der Waals surface area (Å²) in [6.45, 7) is 11.3. The molecule has 2 aromatic rings. The van der Waals surface area contributed by atoms with Gasteiger partial charge in [-0.3, -0.25) is 4.99 Å². The van der Waals surface area contributed by atoms with Crippen LogP contribution in [0.4, 0.5) is 0 Å². The minimum absolute atomic E-state index is 0.148. The summed E-state index contributed by atoms with van der Waals surface area (Å²) in [5, 5.41) is 2.62. The summed E-state index contributed by atoms with van der Waals surface area (Å²) in [6.07, 6.45) is 72.2. The predicted octanol–water partition coefficient (Wildman–Crippen LogP) is 13.1. The van der Waals surface area contributed by atoms with Gasteiger partial charge in [0.05, 0.1) is 6.54 Å². The Kier molecular flexibility index (Phi) is 14.3. The standard InChI is InChI=1S/C61H58N2/c1-4-6-8-13-22-46(3)63-45-19-10-9-18-44-62-61(63)54-29-21-27-50(36-39-54)51-40-42-57-58(43-41-51)60(53-37-34-48-25-16-17-26-49(48)35-38-53)56-31-15-11-14-30-55(56)59(57)52-28-20-24-47(32-33-52)23-12-7-5-2/h4-14,16-23,25-28,30-31,33-34,36-42,46H,1-2,15,24,29,32,35,43-45H2,3H3/b8-6-,12-7-,18-9-,19-10-,22-13-,47-23-,62-61?. The molecule has 0 amide bonds. The number of benzene rings is 2. The van der Waals surface area contributed by atoms with Crippen molar-refractivity contribution in [3.05, 3.63) is 262 Å². The molecule has 0 aromatic heterocycles. The Morgan fingerprint density at radius 1 is 0.619 bits per heavy atom. The summed E-state index contributed by atoms with van der Waals surface area (Å²) in [6, 6.07) is 8.95. The largest absolute Gasteiger partial charge is 0.347 e. The third-order valence-corrected chi connectivity index (χ3v) is 12.3. The molecule has 1 unspecified atom stereocenters. The van der Waals surface area contributed by atoms with Crippen molar-refractivity contribution in [2.24, 2.45) is 4.99 Å². The summed E-state index contributed by atoms with van der Waals surface area (Å²) in [5.74, 6) is 1.04. The van der Waals surface area contributed by atoms with E-state index in [2.05, 4.69) is 201 Å². The van der Waals surface area contributed by atoms with E-state index in [-0.39, 0.29) is 6.04 Å². The van der Waals surface area contributed by atoms with Crippen LogP contribution in [0.5, 0.6) is 0 Å². The van der Waals surface area contributed by atoms with Crippen LogP contribution in [0.1, 0.15) is 66.0 Å². The zero-order valence-electron chi connectivity index (χ0n) is 36.7. The van der Waals surface area contributed by atoms with Crippen LogP contribution in [0.2, 0.25) is 0 Å². The molecular weight excluding hydrogens is 761 g/mol. The predicted molar refractivity (Wildman–Crippen MR) is 275 cm³/mol. The lowest BCUT2D eigenvalue weighted by molar-refractivity contribution is 0.413. The number of allylic oxidation sites excluding steroid dienone is 28. The third kappa shape index (κ3) is 10.2. The molecule has 2 nitrogen and oxygen atoms in total. The van der Waals surface area contributed by atoms with Gasteiger partial charge in [0.2, 0.25) is 0 Å². The van der Waals surface area contributed by atoms with Crippen LogP contribution >= 0.6 is 0 Å². The molecule has 8 rings (SSSR count). The highest BCUT2D eigenvalue weighted by Crippen LogP contribution is 2.35. The van der Waals surface area contributed by atoms with Crippen molar-refractivity contribution in [1.82, 2.24) is 4.90 Å². The zero-order chi connectivity index (χ0) is 43.2. The number of fused-ring (bicyclic) bond motifs is 3. The number of hydrogen-bond donors (Lipinski definition) is 0. The summed E-state index contributed by atoms with van der Waals surface area (Å²) in [5.41, 5.74) is 15.6. The summed E-state index contributed by atoms with van der Waals surface area (Å²) < 4.78 is 0. The molecular formula is C61H58N2. The first-order valence-electron chi connectivity index (χ1n) is 22.5. The van der Waals surface area contributed by atoms with Gasteiger partial charge in [0.1, 0.15) is 5.84 Å². The van der Waals surface area contributed by atoms with E-state index in [0.717, 1.165) is 50.9 Å². The van der Waals surface area contributed by atoms with Crippen molar-refractivity contribution in [1.29, 1.82) is 0 Å². The lowest BCUT2D eigenvalue weighted by atomic mass is 9.83. The highest BCUT2D eigenvalue weighted by Gasteiger charge is 2.23. The topological polar surface area (TPSA) is 15.6 Å². The second kappa shape index (κ2) is 21.2. The number of amidine groups is 1. The summed E-state index contributed by atoms with van der Waals surface area (Å²) in [4.78, 5) is 7.59. The first-order chi connectivity index (χ1) is 31.1. The highest BCUT2D eigenvalue weighted by atomic mass is 15.2. The number of hydrogen-bond acceptors (Lipinski definition) is 2. The monoisotopic (exact) mass is 818 g/mol. The third-order valence-electron chi connectivity index (χ3n) is 12.3. The van der Waals surface area contributed by atoms with Gasteiger partial charge < -0.3 is 4.90 Å². The van der Waals surface area contributed by atoms with Gasteiger partial charge in [0, 0.05) is 12.6 Å². The molecule has 0 radical (unpaired) electrons. The fraction of sp³-hybridized carbons (Fsp3) is 0.164. The van der Waals surface area contributed by atoms with Crippen LogP contribution in [0.3, 0.4) is 0 Å². The normalized spacial score (nSPS) is 20.6. The van der Waals surface area contributed by atoms with E-state index in [9.17, 15) is 0 Å². The van der Waals surface area contributed by atoms with Gasteiger partial charge in [-0.05, 0) is 117 Å². The SMILES string of the molecule is C=C/C=C\C=C/C(C)N1C/C=C\C=C/CN=C1C1=CC=C(C2=CCc3c(c(C4=CC/C(=C\C=C/C=C)CC=C4)c4c(c3C3=CCc5ccccc5C=C3)=CCC=CC=4)C=C2)C=CC1. The van der Waals surface area contributed by atoms with Crippen molar-refractivity contribution in [3.8, 4) is 0 Å². The lowest BCUT2D eigenvalue weighted by Gasteiger charge is -2.30. The van der Waals surface area contributed by atoms with Crippen LogP contribution in [0, 0.1) is 0 Å². The maximum atomic E-state index is 5.18. The molecule has 2 aromatic carbocycles. The van der Waals surface area contributed by atoms with E-state index in [0.29, 0.717) is 6.54 Å². The van der Waals surface area contributed by atoms with Crippen molar-refractivity contribution < 1.29 is 0 Å². The van der Waals surface area contributed by atoms with Gasteiger partial charge in [0.25, 0.3) is 0 Å². The van der Waals surface area contributed by atoms with Crippen LogP contribution in [-0.2, 0) is 12.8 Å². The molecule has 312 valence electrons. The van der Waals surface area contributed by atoms with E-state index in [1.165, 1.54) is 77.3 Å². The Morgan fingerprint density at radius 2 is 1.41 bits per heavy atom. The van der Waals surface area contributed by atoms with Crippen molar-refractivity contribution in [3.63, 3.8) is 0 Å². The smallest absolute Gasteiger partial charge is 0.128 e. The molecule has 1 heterocycles. The van der Waals surface area contributed by atoms with Gasteiger partial charge in [0.15, 0.2) is 0 Å². The molecule has 0 spiro atoms. The molecule has 0 N–H and O–H groups in total. The molecule has 63 heavy (non-hydrogen) atoms. The number of nitrogens with zero attached hydrogens (tertiary/aromatic N) is 2. The first-order valence-corrected chi connectivity index (χ1v) is 22.5. The number of rotatable bonds is 10. The zero-order valence-corrected chi connectivity index (χ0v) is 36.7. The van der Waals surface area contributed by atoms with Gasteiger partial charge in [-0.15, -0.1) is 0 Å². The Labute approximate surface area is 375 Å². The maximum Gasteiger partial charge on any atom is 0.128 e. The molecule has 1 aliphatic heterocycles. The van der Waals surface area contributed by atoms with Gasteiger partial charge in [-0.1, -0.05) is 225 Å². The van der Waals surface area contributed by atoms with Gasteiger partial charge in [-0.2, -0.15) is 0 Å². The second-order valence-corrected chi connectivity index (χ2v) is 16.4. The molecule has 1 atom stereocenters. The molecule has 0 saturated carbocycles. The van der Waals surface area contributed by atoms with Crippen molar-refractivity contribution in [2.75, 3.05) is 13.1 Å². The molecule has 0 saturated heterocycles. The first kappa shape index (κ1) is 42.7. The average Bonchev–Trinajstić information content (AvgIpc) is 3.90. The minimum Gasteiger partial charge on any atom is -0.347 e. The van der Waals surface area contributed by atoms with Crippen molar-refractivity contribution in [2.45, 2.75) is 51.5 Å². The average molecular weight is 819 g/mol. The van der Waals surface area contributed by atoms with E-state index in [1.54, 1.807) is 6.08 Å². The Hall–Kier alpha value is -7.03. The van der Waals surface area contributed by atoms with Crippen LogP contribution < -0.4 is 10.4 Å². The maximum absolute atomic E-state index is 5.18. The molecule has 0 bridgehead atoms. The minimum atomic E-state index is 0.148. The van der Waals surface area contributed by atoms with Crippen LogP contribution in [0.25, 0.3) is 35.5 Å². The summed E-state index contributed by atoms with van der Waals surface area (Å²) >= 11 is 0. The lowest BCUT2D eigenvalue weighted by Crippen LogP contribution is -2.39. The van der Waals surface area contributed by atoms with Gasteiger partial charge in [-0.25, -0.2) is 0 Å². The molecule has 2 heteroatoms. The molecule has 5 aliphatic carbocycles.